The molecule has 2 aromatic carbocycles. The lowest BCUT2D eigenvalue weighted by molar-refractivity contribution is -0.116. The van der Waals surface area contributed by atoms with Gasteiger partial charge in [-0.15, -0.1) is 0 Å². The highest BCUT2D eigenvalue weighted by Crippen LogP contribution is 2.35. The normalized spacial score (nSPS) is 14.3. The maximum absolute atomic E-state index is 12.7. The molecular weight excluding hydrogens is 366 g/mol. The van der Waals surface area contributed by atoms with E-state index in [1.807, 2.05) is 36.4 Å². The largest absolute Gasteiger partial charge is 0.493 e. The van der Waals surface area contributed by atoms with Crippen molar-refractivity contribution in [2.24, 2.45) is 0 Å². The summed E-state index contributed by atoms with van der Waals surface area (Å²) in [6.45, 7) is 0. The molecule has 1 saturated carbocycles. The number of hydrogen-bond acceptors (Lipinski definition) is 4. The lowest BCUT2D eigenvalue weighted by Crippen LogP contribution is -2.18. The molecule has 152 valence electrons. The molecule has 1 aliphatic rings. The highest BCUT2D eigenvalue weighted by atomic mass is 16.5. The van der Waals surface area contributed by atoms with Crippen LogP contribution in [0.5, 0.6) is 11.5 Å². The molecule has 1 N–H and O–H groups in total. The van der Waals surface area contributed by atoms with Gasteiger partial charge in [-0.1, -0.05) is 37.1 Å². The van der Waals surface area contributed by atoms with Crippen molar-refractivity contribution < 1.29 is 14.3 Å². The summed E-state index contributed by atoms with van der Waals surface area (Å²) in [5.41, 5.74) is 2.96. The number of fused-ring (bicyclic) bond motifs is 1. The van der Waals surface area contributed by atoms with Crippen molar-refractivity contribution in [1.29, 1.82) is 0 Å². The highest BCUT2D eigenvalue weighted by Gasteiger charge is 2.23. The summed E-state index contributed by atoms with van der Waals surface area (Å²) in [5.74, 6) is 1.96. The third-order valence-corrected chi connectivity index (χ3v) is 5.64. The Bertz CT molecular complexity index is 1010. The van der Waals surface area contributed by atoms with E-state index in [0.29, 0.717) is 36.3 Å². The average Bonchev–Trinajstić information content (AvgIpc) is 3.38. The summed E-state index contributed by atoms with van der Waals surface area (Å²) >= 11 is 0. The van der Waals surface area contributed by atoms with Crippen molar-refractivity contribution in [2.75, 3.05) is 19.5 Å². The molecule has 0 radical (unpaired) electrons. The fourth-order valence-corrected chi connectivity index (χ4v) is 4.25. The molecular formula is C23H27N3O3. The minimum Gasteiger partial charge on any atom is -0.493 e. The molecule has 0 bridgehead atoms. The van der Waals surface area contributed by atoms with Crippen LogP contribution in [0.2, 0.25) is 0 Å². The van der Waals surface area contributed by atoms with E-state index >= 15 is 0 Å². The molecule has 1 aliphatic carbocycles. The van der Waals surface area contributed by atoms with Gasteiger partial charge < -0.3 is 14.0 Å². The van der Waals surface area contributed by atoms with Gasteiger partial charge in [-0.2, -0.15) is 0 Å². The first-order valence-corrected chi connectivity index (χ1v) is 10.2. The van der Waals surface area contributed by atoms with E-state index in [2.05, 4.69) is 16.0 Å². The van der Waals surface area contributed by atoms with Crippen LogP contribution >= 0.6 is 0 Å². The minimum absolute atomic E-state index is 0.0515. The number of hydrogen-bond donors (Lipinski definition) is 1. The van der Waals surface area contributed by atoms with Crippen molar-refractivity contribution in [1.82, 2.24) is 9.55 Å². The van der Waals surface area contributed by atoms with Gasteiger partial charge in [0.15, 0.2) is 11.5 Å². The summed E-state index contributed by atoms with van der Waals surface area (Å²) in [5, 5.41) is 3.05. The third kappa shape index (κ3) is 3.92. The van der Waals surface area contributed by atoms with E-state index in [1.165, 1.54) is 12.8 Å². The van der Waals surface area contributed by atoms with Crippen LogP contribution in [-0.2, 0) is 11.2 Å². The van der Waals surface area contributed by atoms with Crippen LogP contribution in [0.4, 0.5) is 5.95 Å². The van der Waals surface area contributed by atoms with Crippen LogP contribution in [0.15, 0.2) is 42.5 Å². The first-order chi connectivity index (χ1) is 14.2. The molecule has 1 amide bonds. The SMILES string of the molecule is COc1cccc(CCC(=O)Nc2nc3ccccc3n2C2CCCC2)c1OC. The molecule has 6 nitrogen and oxygen atoms in total. The van der Waals surface area contributed by atoms with Crippen molar-refractivity contribution in [3.8, 4) is 11.5 Å². The monoisotopic (exact) mass is 393 g/mol. The fraction of sp³-hybridized carbons (Fsp3) is 0.391. The molecule has 29 heavy (non-hydrogen) atoms. The first kappa shape index (κ1) is 19.3. The average molecular weight is 393 g/mol. The number of rotatable bonds is 7. The molecule has 6 heteroatoms. The van der Waals surface area contributed by atoms with E-state index < -0.39 is 0 Å². The number of carbonyl (C=O) groups is 1. The summed E-state index contributed by atoms with van der Waals surface area (Å²) in [6, 6.07) is 14.2. The molecule has 4 rings (SSSR count). The molecule has 1 fully saturated rings. The Morgan fingerprint density at radius 3 is 2.66 bits per heavy atom. The number of imidazole rings is 1. The summed E-state index contributed by atoms with van der Waals surface area (Å²) in [6.07, 6.45) is 5.61. The van der Waals surface area contributed by atoms with Crippen LogP contribution in [0.25, 0.3) is 11.0 Å². The van der Waals surface area contributed by atoms with Gasteiger partial charge in [0.25, 0.3) is 0 Å². The number of aryl methyl sites for hydroxylation is 1. The number of nitrogens with zero attached hydrogens (tertiary/aromatic N) is 2. The zero-order valence-corrected chi connectivity index (χ0v) is 17.0. The smallest absolute Gasteiger partial charge is 0.227 e. The fourth-order valence-electron chi connectivity index (χ4n) is 4.25. The maximum Gasteiger partial charge on any atom is 0.227 e. The Kier molecular flexibility index (Phi) is 5.69. The van der Waals surface area contributed by atoms with Crippen LogP contribution in [-0.4, -0.2) is 29.7 Å². The maximum atomic E-state index is 12.7. The van der Waals surface area contributed by atoms with Crippen LogP contribution in [0.3, 0.4) is 0 Å². The standard InChI is InChI=1S/C23H27N3O3/c1-28-20-13-7-8-16(22(20)29-2)14-15-21(27)25-23-24-18-11-5-6-12-19(18)26(23)17-9-3-4-10-17/h5-8,11-13,17H,3-4,9-10,14-15H2,1-2H3,(H,24,25,27). The molecule has 0 saturated heterocycles. The Morgan fingerprint density at radius 2 is 1.90 bits per heavy atom. The number of carbonyl (C=O) groups excluding carboxylic acids is 1. The van der Waals surface area contributed by atoms with E-state index in [1.54, 1.807) is 14.2 Å². The number of nitrogens with one attached hydrogen (secondary N) is 1. The lowest BCUT2D eigenvalue weighted by atomic mass is 10.1. The topological polar surface area (TPSA) is 65.4 Å². The molecule has 0 unspecified atom stereocenters. The lowest BCUT2D eigenvalue weighted by Gasteiger charge is -2.17. The predicted octanol–water partition coefficient (Wildman–Crippen LogP) is 4.74. The Hall–Kier alpha value is -3.02. The van der Waals surface area contributed by atoms with Crippen molar-refractivity contribution in [3.05, 3.63) is 48.0 Å². The zero-order chi connectivity index (χ0) is 20.2. The number of anilines is 1. The Balaban J connectivity index is 1.52. The second kappa shape index (κ2) is 8.55. The van der Waals surface area contributed by atoms with Gasteiger partial charge in [-0.25, -0.2) is 4.98 Å². The Labute approximate surface area is 170 Å². The van der Waals surface area contributed by atoms with Gasteiger partial charge in [0, 0.05) is 12.5 Å². The Morgan fingerprint density at radius 1 is 1.10 bits per heavy atom. The van der Waals surface area contributed by atoms with E-state index in [0.717, 1.165) is 29.4 Å². The third-order valence-electron chi connectivity index (χ3n) is 5.64. The summed E-state index contributed by atoms with van der Waals surface area (Å²) in [7, 11) is 3.23. The van der Waals surface area contributed by atoms with Crippen LogP contribution < -0.4 is 14.8 Å². The highest BCUT2D eigenvalue weighted by molar-refractivity contribution is 5.91. The summed E-state index contributed by atoms with van der Waals surface area (Å²) < 4.78 is 13.0. The van der Waals surface area contributed by atoms with E-state index in [4.69, 9.17) is 14.5 Å². The number of amides is 1. The minimum atomic E-state index is -0.0515. The van der Waals surface area contributed by atoms with Gasteiger partial charge in [0.1, 0.15) is 0 Å². The number of ether oxygens (including phenoxy) is 2. The van der Waals surface area contributed by atoms with Crippen molar-refractivity contribution >= 4 is 22.9 Å². The number of aromatic nitrogens is 2. The summed E-state index contributed by atoms with van der Waals surface area (Å²) in [4.78, 5) is 17.4. The molecule has 0 aliphatic heterocycles. The molecule has 0 atom stereocenters. The van der Waals surface area contributed by atoms with Crippen LogP contribution in [0.1, 0.15) is 43.7 Å². The molecule has 3 aromatic rings. The second-order valence-corrected chi connectivity index (χ2v) is 7.43. The van der Waals surface area contributed by atoms with Gasteiger partial charge in [-0.3, -0.25) is 10.1 Å². The number of para-hydroxylation sites is 3. The molecule has 1 aromatic heterocycles. The quantitative estimate of drug-likeness (QED) is 0.630. The number of methoxy groups -OCH3 is 2. The van der Waals surface area contributed by atoms with Gasteiger partial charge in [0.05, 0.1) is 25.3 Å². The van der Waals surface area contributed by atoms with E-state index in [9.17, 15) is 4.79 Å². The first-order valence-electron chi connectivity index (χ1n) is 10.2. The van der Waals surface area contributed by atoms with E-state index in [-0.39, 0.29) is 5.91 Å². The van der Waals surface area contributed by atoms with Crippen molar-refractivity contribution in [3.63, 3.8) is 0 Å². The van der Waals surface area contributed by atoms with Crippen LogP contribution in [0, 0.1) is 0 Å². The van der Waals surface area contributed by atoms with Crippen molar-refractivity contribution in [2.45, 2.75) is 44.6 Å². The predicted molar refractivity (Wildman–Crippen MR) is 114 cm³/mol. The second-order valence-electron chi connectivity index (χ2n) is 7.43. The zero-order valence-electron chi connectivity index (χ0n) is 17.0. The van der Waals surface area contributed by atoms with Gasteiger partial charge in [-0.05, 0) is 43.0 Å². The van der Waals surface area contributed by atoms with Gasteiger partial charge >= 0.3 is 0 Å². The number of benzene rings is 2. The molecule has 0 spiro atoms. The van der Waals surface area contributed by atoms with Gasteiger partial charge in [0.2, 0.25) is 11.9 Å². The molecule has 1 heterocycles.